The summed E-state index contributed by atoms with van der Waals surface area (Å²) in [5.41, 5.74) is 6.05. The summed E-state index contributed by atoms with van der Waals surface area (Å²) in [4.78, 5) is 16.9. The number of hydrogen-bond donors (Lipinski definition) is 1. The number of rotatable bonds is 4. The van der Waals surface area contributed by atoms with Crippen LogP contribution in [0.15, 0.2) is 52.9 Å². The maximum Gasteiger partial charge on any atom is 0.228 e. The number of anilines is 1. The Hall–Kier alpha value is -3.41. The first-order chi connectivity index (χ1) is 13.0. The highest BCUT2D eigenvalue weighted by Crippen LogP contribution is 2.25. The molecule has 0 spiro atoms. The van der Waals surface area contributed by atoms with E-state index in [1.54, 1.807) is 4.68 Å². The molecule has 4 aromatic rings. The van der Waals surface area contributed by atoms with Gasteiger partial charge in [-0.25, -0.2) is 4.98 Å². The molecule has 1 amide bonds. The Labute approximate surface area is 156 Å². The number of nitrogens with one attached hydrogen (secondary N) is 1. The van der Waals surface area contributed by atoms with Gasteiger partial charge in [0, 0.05) is 29.6 Å². The molecule has 0 fully saturated rings. The molecule has 0 saturated carbocycles. The van der Waals surface area contributed by atoms with Crippen molar-refractivity contribution in [2.75, 3.05) is 5.32 Å². The summed E-state index contributed by atoms with van der Waals surface area (Å²) in [6.45, 7) is 3.89. The number of para-hydroxylation sites is 2. The minimum Gasteiger partial charge on any atom is -0.436 e. The SMILES string of the molecule is Cc1nn(C)c(C)c1CC(=O)Nc1ccc(-c2nc3ccccc3o2)cc1. The van der Waals surface area contributed by atoms with Gasteiger partial charge in [0.1, 0.15) is 5.52 Å². The van der Waals surface area contributed by atoms with Crippen molar-refractivity contribution in [2.24, 2.45) is 7.05 Å². The first-order valence-corrected chi connectivity index (χ1v) is 8.76. The molecule has 0 aliphatic heterocycles. The van der Waals surface area contributed by atoms with Crippen LogP contribution in [0, 0.1) is 13.8 Å². The molecule has 27 heavy (non-hydrogen) atoms. The maximum atomic E-state index is 12.4. The van der Waals surface area contributed by atoms with E-state index in [-0.39, 0.29) is 5.91 Å². The lowest BCUT2D eigenvalue weighted by Crippen LogP contribution is -2.15. The van der Waals surface area contributed by atoms with Crippen LogP contribution in [0.1, 0.15) is 17.0 Å². The van der Waals surface area contributed by atoms with Gasteiger partial charge >= 0.3 is 0 Å². The molecule has 0 atom stereocenters. The Morgan fingerprint density at radius 1 is 1.11 bits per heavy atom. The van der Waals surface area contributed by atoms with Crippen LogP contribution in [0.25, 0.3) is 22.6 Å². The molecule has 0 unspecified atom stereocenters. The second kappa shape index (κ2) is 6.72. The van der Waals surface area contributed by atoms with Crippen LogP contribution in [-0.2, 0) is 18.3 Å². The van der Waals surface area contributed by atoms with Crippen molar-refractivity contribution in [3.05, 3.63) is 65.5 Å². The number of nitrogens with zero attached hydrogens (tertiary/aromatic N) is 3. The third-order valence-corrected chi connectivity index (χ3v) is 4.71. The number of amides is 1. The van der Waals surface area contributed by atoms with E-state index in [0.717, 1.165) is 39.3 Å². The molecule has 4 rings (SSSR count). The van der Waals surface area contributed by atoms with Gasteiger partial charge in [0.05, 0.1) is 12.1 Å². The van der Waals surface area contributed by atoms with E-state index in [9.17, 15) is 4.79 Å². The second-order valence-electron chi connectivity index (χ2n) is 6.56. The molecular weight excluding hydrogens is 340 g/mol. The molecule has 0 aliphatic carbocycles. The fourth-order valence-corrected chi connectivity index (χ4v) is 3.13. The molecule has 0 radical (unpaired) electrons. The van der Waals surface area contributed by atoms with Crippen LogP contribution >= 0.6 is 0 Å². The zero-order valence-corrected chi connectivity index (χ0v) is 15.5. The third-order valence-electron chi connectivity index (χ3n) is 4.71. The fraction of sp³-hybridized carbons (Fsp3) is 0.190. The Balaban J connectivity index is 1.48. The highest BCUT2D eigenvalue weighted by atomic mass is 16.3. The second-order valence-corrected chi connectivity index (χ2v) is 6.56. The predicted octanol–water partition coefficient (Wildman–Crippen LogP) is 4.03. The van der Waals surface area contributed by atoms with Crippen molar-refractivity contribution in [3.63, 3.8) is 0 Å². The van der Waals surface area contributed by atoms with Crippen molar-refractivity contribution in [1.29, 1.82) is 0 Å². The summed E-state index contributed by atoms with van der Waals surface area (Å²) < 4.78 is 7.57. The van der Waals surface area contributed by atoms with Gasteiger partial charge in [-0.2, -0.15) is 5.10 Å². The summed E-state index contributed by atoms with van der Waals surface area (Å²) in [5.74, 6) is 0.500. The molecule has 136 valence electrons. The van der Waals surface area contributed by atoms with Gasteiger partial charge in [-0.15, -0.1) is 0 Å². The summed E-state index contributed by atoms with van der Waals surface area (Å²) >= 11 is 0. The molecule has 0 aliphatic rings. The summed E-state index contributed by atoms with van der Waals surface area (Å²) in [7, 11) is 1.88. The molecule has 6 heteroatoms. The average Bonchev–Trinajstić information content (AvgIpc) is 3.19. The summed E-state index contributed by atoms with van der Waals surface area (Å²) in [6.07, 6.45) is 0.304. The van der Waals surface area contributed by atoms with Crippen molar-refractivity contribution in [1.82, 2.24) is 14.8 Å². The van der Waals surface area contributed by atoms with Crippen LogP contribution in [0.4, 0.5) is 5.69 Å². The molecule has 1 N–H and O–H groups in total. The average molecular weight is 360 g/mol. The topological polar surface area (TPSA) is 73.0 Å². The van der Waals surface area contributed by atoms with E-state index in [2.05, 4.69) is 15.4 Å². The van der Waals surface area contributed by atoms with Crippen LogP contribution in [-0.4, -0.2) is 20.7 Å². The van der Waals surface area contributed by atoms with E-state index < -0.39 is 0 Å². The van der Waals surface area contributed by atoms with Crippen LogP contribution in [0.3, 0.4) is 0 Å². The highest BCUT2D eigenvalue weighted by molar-refractivity contribution is 5.92. The quantitative estimate of drug-likeness (QED) is 0.596. The van der Waals surface area contributed by atoms with E-state index in [4.69, 9.17) is 4.42 Å². The highest BCUT2D eigenvalue weighted by Gasteiger charge is 2.14. The normalized spacial score (nSPS) is 11.1. The minimum absolute atomic E-state index is 0.0659. The Morgan fingerprint density at radius 3 is 2.52 bits per heavy atom. The van der Waals surface area contributed by atoms with Gasteiger partial charge in [0.25, 0.3) is 0 Å². The van der Waals surface area contributed by atoms with Gasteiger partial charge in [-0.1, -0.05) is 12.1 Å². The lowest BCUT2D eigenvalue weighted by atomic mass is 10.1. The Morgan fingerprint density at radius 2 is 1.85 bits per heavy atom. The van der Waals surface area contributed by atoms with Gasteiger partial charge in [0.15, 0.2) is 5.58 Å². The molecule has 2 aromatic heterocycles. The summed E-state index contributed by atoms with van der Waals surface area (Å²) in [5, 5.41) is 7.29. The summed E-state index contributed by atoms with van der Waals surface area (Å²) in [6, 6.07) is 15.1. The Kier molecular flexibility index (Phi) is 4.24. The fourth-order valence-electron chi connectivity index (χ4n) is 3.13. The van der Waals surface area contributed by atoms with Crippen LogP contribution in [0.5, 0.6) is 0 Å². The Bertz CT molecular complexity index is 1090. The molecule has 0 bridgehead atoms. The molecule has 2 aromatic carbocycles. The number of hydrogen-bond acceptors (Lipinski definition) is 4. The van der Waals surface area contributed by atoms with Gasteiger partial charge < -0.3 is 9.73 Å². The molecule has 2 heterocycles. The number of carbonyl (C=O) groups is 1. The van der Waals surface area contributed by atoms with E-state index in [0.29, 0.717) is 12.3 Å². The van der Waals surface area contributed by atoms with E-state index in [1.165, 1.54) is 0 Å². The molecule has 0 saturated heterocycles. The van der Waals surface area contributed by atoms with E-state index >= 15 is 0 Å². The standard InChI is InChI=1S/C21H20N4O2/c1-13-17(14(2)25(3)24-13)12-20(26)22-16-10-8-15(9-11-16)21-23-18-6-4-5-7-19(18)27-21/h4-11H,12H2,1-3H3,(H,22,26). The van der Waals surface area contributed by atoms with Crippen LogP contribution in [0.2, 0.25) is 0 Å². The van der Waals surface area contributed by atoms with Crippen LogP contribution < -0.4 is 5.32 Å². The first-order valence-electron chi connectivity index (χ1n) is 8.76. The zero-order valence-electron chi connectivity index (χ0n) is 15.5. The van der Waals surface area contributed by atoms with Crippen molar-refractivity contribution in [2.45, 2.75) is 20.3 Å². The third kappa shape index (κ3) is 3.33. The van der Waals surface area contributed by atoms with Crippen molar-refractivity contribution >= 4 is 22.7 Å². The number of carbonyl (C=O) groups excluding carboxylic acids is 1. The number of oxazole rings is 1. The van der Waals surface area contributed by atoms with E-state index in [1.807, 2.05) is 69.4 Å². The van der Waals surface area contributed by atoms with Gasteiger partial charge in [-0.3, -0.25) is 9.48 Å². The van der Waals surface area contributed by atoms with Crippen molar-refractivity contribution in [3.8, 4) is 11.5 Å². The minimum atomic E-state index is -0.0659. The number of fused-ring (bicyclic) bond motifs is 1. The molecular formula is C21H20N4O2. The van der Waals surface area contributed by atoms with Crippen molar-refractivity contribution < 1.29 is 9.21 Å². The number of benzene rings is 2. The van der Waals surface area contributed by atoms with Gasteiger partial charge in [-0.05, 0) is 50.2 Å². The maximum absolute atomic E-state index is 12.4. The predicted molar refractivity (Wildman–Crippen MR) is 104 cm³/mol. The number of aryl methyl sites for hydroxylation is 2. The monoisotopic (exact) mass is 360 g/mol. The molecule has 6 nitrogen and oxygen atoms in total. The first kappa shape index (κ1) is 17.0. The smallest absolute Gasteiger partial charge is 0.228 e. The zero-order chi connectivity index (χ0) is 19.0. The van der Waals surface area contributed by atoms with Gasteiger partial charge in [0.2, 0.25) is 11.8 Å². The number of aromatic nitrogens is 3. The lowest BCUT2D eigenvalue weighted by molar-refractivity contribution is -0.115. The largest absolute Gasteiger partial charge is 0.436 e. The lowest BCUT2D eigenvalue weighted by Gasteiger charge is -2.06.